The van der Waals surface area contributed by atoms with E-state index in [0.717, 1.165) is 45.8 Å². The van der Waals surface area contributed by atoms with Crippen molar-refractivity contribution in [2.75, 3.05) is 0 Å². The summed E-state index contributed by atoms with van der Waals surface area (Å²) in [5.74, 6) is 2.65. The van der Waals surface area contributed by atoms with Crippen LogP contribution in [0.4, 0.5) is 0 Å². The number of carboxylic acids is 1. The van der Waals surface area contributed by atoms with Gasteiger partial charge in [0, 0.05) is 16.7 Å². The van der Waals surface area contributed by atoms with E-state index in [-0.39, 0.29) is 11.2 Å². The van der Waals surface area contributed by atoms with Crippen LogP contribution in [0.2, 0.25) is 0 Å². The van der Waals surface area contributed by atoms with Gasteiger partial charge >= 0.3 is 5.97 Å². The molecule has 0 spiro atoms. The summed E-state index contributed by atoms with van der Waals surface area (Å²) < 4.78 is 6.51. The van der Waals surface area contributed by atoms with Gasteiger partial charge in [0.1, 0.15) is 18.1 Å². The number of phenolic OH excluding ortho intramolecular Hbond substituents is 1. The molecule has 0 aromatic heterocycles. The number of aliphatic carboxylic acids is 1. The van der Waals surface area contributed by atoms with Crippen LogP contribution in [0.1, 0.15) is 68.6 Å². The van der Waals surface area contributed by atoms with Gasteiger partial charge in [-0.25, -0.2) is 4.79 Å². The molecule has 7 rings (SSSR count). The second kappa shape index (κ2) is 9.98. The van der Waals surface area contributed by atoms with Crippen LogP contribution in [0.5, 0.6) is 11.5 Å². The summed E-state index contributed by atoms with van der Waals surface area (Å²) in [6, 6.07) is 22.0. The van der Waals surface area contributed by atoms with Gasteiger partial charge in [-0.05, 0) is 115 Å². The van der Waals surface area contributed by atoms with Crippen molar-refractivity contribution in [3.63, 3.8) is 0 Å². The molecule has 38 heavy (non-hydrogen) atoms. The van der Waals surface area contributed by atoms with E-state index in [0.29, 0.717) is 18.6 Å². The predicted octanol–water partition coefficient (Wildman–Crippen LogP) is 7.98. The van der Waals surface area contributed by atoms with Crippen molar-refractivity contribution < 1.29 is 19.7 Å². The van der Waals surface area contributed by atoms with Crippen molar-refractivity contribution in [3.05, 3.63) is 89.0 Å². The van der Waals surface area contributed by atoms with Gasteiger partial charge in [-0.1, -0.05) is 49.4 Å². The molecular formula is C34H36O4. The van der Waals surface area contributed by atoms with Gasteiger partial charge in [-0.2, -0.15) is 0 Å². The van der Waals surface area contributed by atoms with Crippen molar-refractivity contribution in [3.8, 4) is 22.6 Å². The van der Waals surface area contributed by atoms with Crippen LogP contribution >= 0.6 is 0 Å². The summed E-state index contributed by atoms with van der Waals surface area (Å²) in [6.45, 7) is 2.37. The van der Waals surface area contributed by atoms with E-state index in [1.54, 1.807) is 18.2 Å². The number of aromatic hydroxyl groups is 1. The Bertz CT molecular complexity index is 1340. The minimum Gasteiger partial charge on any atom is -0.507 e. The summed E-state index contributed by atoms with van der Waals surface area (Å²) >= 11 is 0. The van der Waals surface area contributed by atoms with E-state index in [1.165, 1.54) is 44.1 Å². The molecule has 4 fully saturated rings. The van der Waals surface area contributed by atoms with Crippen LogP contribution in [0.25, 0.3) is 17.2 Å². The van der Waals surface area contributed by atoms with E-state index in [2.05, 4.69) is 24.3 Å². The molecule has 0 unspecified atom stereocenters. The number of hydrogen-bond acceptors (Lipinski definition) is 3. The van der Waals surface area contributed by atoms with Gasteiger partial charge in [0.25, 0.3) is 0 Å². The number of phenols is 1. The highest BCUT2D eigenvalue weighted by Crippen LogP contribution is 2.62. The molecule has 3 aromatic carbocycles. The first kappa shape index (κ1) is 24.8. The highest BCUT2D eigenvalue weighted by atomic mass is 16.5. The summed E-state index contributed by atoms with van der Waals surface area (Å²) in [5, 5.41) is 20.4. The van der Waals surface area contributed by atoms with E-state index in [1.807, 2.05) is 37.3 Å². The maximum absolute atomic E-state index is 11.6. The molecule has 2 N–H and O–H groups in total. The van der Waals surface area contributed by atoms with Crippen molar-refractivity contribution in [2.45, 2.75) is 63.9 Å². The SMILES string of the molecule is CCC(=Cc1ccc(O)c(-c2ccc(OCc3ccccc3)c(C34CC5CC(CC(C5)C3)C4)c2)c1)C(=O)O. The molecule has 0 atom stereocenters. The van der Waals surface area contributed by atoms with Crippen molar-refractivity contribution >= 4 is 12.0 Å². The van der Waals surface area contributed by atoms with Crippen molar-refractivity contribution in [2.24, 2.45) is 17.8 Å². The number of rotatable bonds is 8. The van der Waals surface area contributed by atoms with Crippen LogP contribution < -0.4 is 4.74 Å². The predicted molar refractivity (Wildman–Crippen MR) is 150 cm³/mol. The molecule has 0 aliphatic heterocycles. The molecular weight excluding hydrogens is 472 g/mol. The summed E-state index contributed by atoms with van der Waals surface area (Å²) in [4.78, 5) is 11.6. The zero-order valence-corrected chi connectivity index (χ0v) is 22.0. The fourth-order valence-corrected chi connectivity index (χ4v) is 7.80. The average molecular weight is 509 g/mol. The first-order chi connectivity index (χ1) is 18.4. The van der Waals surface area contributed by atoms with E-state index in [4.69, 9.17) is 4.74 Å². The Labute approximate surface area is 225 Å². The van der Waals surface area contributed by atoms with Crippen LogP contribution in [0, 0.1) is 17.8 Å². The van der Waals surface area contributed by atoms with Gasteiger partial charge in [0.2, 0.25) is 0 Å². The number of hydrogen-bond donors (Lipinski definition) is 2. The van der Waals surface area contributed by atoms with Gasteiger partial charge in [-0.3, -0.25) is 0 Å². The standard InChI is InChI=1S/C34H36O4/c1-2-27(33(36)37)15-23-8-10-31(35)29(16-23)28-9-11-32(38-21-22-6-4-3-5-7-22)30(17-28)34-18-24-12-25(19-34)14-26(13-24)20-34/h3-11,15-17,24-26,35H,2,12-14,18-21H2,1H3,(H,36,37). The van der Waals surface area contributed by atoms with Crippen molar-refractivity contribution in [1.29, 1.82) is 0 Å². The normalized spacial score (nSPS) is 25.9. The van der Waals surface area contributed by atoms with E-state index in [9.17, 15) is 15.0 Å². The smallest absolute Gasteiger partial charge is 0.331 e. The number of carboxylic acid groups (broad SMARTS) is 1. The molecule has 4 heteroatoms. The largest absolute Gasteiger partial charge is 0.507 e. The fraction of sp³-hybridized carbons (Fsp3) is 0.382. The lowest BCUT2D eigenvalue weighted by molar-refractivity contribution is -0.132. The zero-order valence-electron chi connectivity index (χ0n) is 22.0. The minimum atomic E-state index is -0.911. The quantitative estimate of drug-likeness (QED) is 0.303. The molecule has 4 bridgehead atoms. The summed E-state index contributed by atoms with van der Waals surface area (Å²) in [6.07, 6.45) is 9.91. The molecule has 0 radical (unpaired) electrons. The first-order valence-electron chi connectivity index (χ1n) is 14.0. The minimum absolute atomic E-state index is 0.128. The van der Waals surface area contributed by atoms with E-state index >= 15 is 0 Å². The second-order valence-electron chi connectivity index (χ2n) is 11.8. The second-order valence-corrected chi connectivity index (χ2v) is 11.8. The third-order valence-electron chi connectivity index (χ3n) is 9.15. The Morgan fingerprint density at radius 3 is 2.26 bits per heavy atom. The molecule has 4 nitrogen and oxygen atoms in total. The van der Waals surface area contributed by atoms with Crippen LogP contribution in [0.3, 0.4) is 0 Å². The highest BCUT2D eigenvalue weighted by molar-refractivity contribution is 5.92. The van der Waals surface area contributed by atoms with Crippen LogP contribution in [-0.4, -0.2) is 16.2 Å². The number of ether oxygens (including phenoxy) is 1. The first-order valence-corrected chi connectivity index (χ1v) is 14.0. The maximum Gasteiger partial charge on any atom is 0.331 e. The lowest BCUT2D eigenvalue weighted by atomic mass is 9.48. The van der Waals surface area contributed by atoms with Gasteiger partial charge in [0.05, 0.1) is 0 Å². The maximum atomic E-state index is 11.6. The zero-order chi connectivity index (χ0) is 26.3. The van der Waals surface area contributed by atoms with Crippen molar-refractivity contribution in [1.82, 2.24) is 0 Å². The lowest BCUT2D eigenvalue weighted by Gasteiger charge is -2.57. The molecule has 4 aliphatic carbocycles. The number of benzene rings is 3. The Morgan fingerprint density at radius 1 is 0.947 bits per heavy atom. The van der Waals surface area contributed by atoms with Gasteiger partial charge < -0.3 is 14.9 Å². The fourth-order valence-electron chi connectivity index (χ4n) is 7.80. The van der Waals surface area contributed by atoms with Gasteiger partial charge in [0.15, 0.2) is 0 Å². The van der Waals surface area contributed by atoms with Gasteiger partial charge in [-0.15, -0.1) is 0 Å². The molecule has 196 valence electrons. The highest BCUT2D eigenvalue weighted by Gasteiger charge is 2.52. The van der Waals surface area contributed by atoms with Crippen LogP contribution in [-0.2, 0) is 16.8 Å². The monoisotopic (exact) mass is 508 g/mol. The topological polar surface area (TPSA) is 66.8 Å². The Kier molecular flexibility index (Phi) is 6.51. The molecule has 0 heterocycles. The molecule has 0 amide bonds. The number of carbonyl (C=O) groups is 1. The third-order valence-corrected chi connectivity index (χ3v) is 9.15. The Morgan fingerprint density at radius 2 is 1.63 bits per heavy atom. The lowest BCUT2D eigenvalue weighted by Crippen LogP contribution is -2.48. The van der Waals surface area contributed by atoms with Crippen LogP contribution in [0.15, 0.2) is 72.3 Å². The average Bonchev–Trinajstić information content (AvgIpc) is 2.91. The third kappa shape index (κ3) is 4.73. The summed E-state index contributed by atoms with van der Waals surface area (Å²) in [7, 11) is 0. The molecule has 3 aromatic rings. The van der Waals surface area contributed by atoms with E-state index < -0.39 is 5.97 Å². The molecule has 0 saturated heterocycles. The Balaban J connectivity index is 1.41. The molecule has 4 aliphatic rings. The summed E-state index contributed by atoms with van der Waals surface area (Å²) in [5.41, 5.74) is 5.35. The Hall–Kier alpha value is -3.53. The molecule has 4 saturated carbocycles.